The zero-order chi connectivity index (χ0) is 31.4. The predicted octanol–water partition coefficient (Wildman–Crippen LogP) is 5.27. The van der Waals surface area contributed by atoms with Crippen LogP contribution in [0.1, 0.15) is 60.3 Å². The van der Waals surface area contributed by atoms with E-state index in [1.165, 1.54) is 0 Å². The number of carbonyl (C=O) groups excluding carboxylic acids is 2. The summed E-state index contributed by atoms with van der Waals surface area (Å²) >= 11 is 1.55. The Bertz CT molecular complexity index is 1560. The summed E-state index contributed by atoms with van der Waals surface area (Å²) in [5.74, 6) is -0.00556. The van der Waals surface area contributed by atoms with Crippen molar-refractivity contribution in [1.82, 2.24) is 20.8 Å². The molecule has 10 nitrogen and oxygen atoms in total. The molecule has 0 spiro atoms. The summed E-state index contributed by atoms with van der Waals surface area (Å²) in [4.78, 5) is 32.0. The minimum atomic E-state index is -0.598. The van der Waals surface area contributed by atoms with Crippen molar-refractivity contribution < 1.29 is 29.4 Å². The van der Waals surface area contributed by atoms with Gasteiger partial charge in [0, 0.05) is 49.5 Å². The van der Waals surface area contributed by atoms with Crippen molar-refractivity contribution in [3.63, 3.8) is 0 Å². The molecule has 0 aliphatic carbocycles. The maximum Gasteiger partial charge on any atom is 0.243 e. The predicted molar refractivity (Wildman–Crippen MR) is 169 cm³/mol. The molecule has 0 radical (unpaired) electrons. The van der Waals surface area contributed by atoms with E-state index in [9.17, 15) is 14.7 Å². The molecule has 11 heteroatoms. The Morgan fingerprint density at radius 3 is 2.33 bits per heavy atom. The number of nitrogens with one attached hydrogen (secondary N) is 2. The number of aliphatic hydroxyl groups is 1. The van der Waals surface area contributed by atoms with Gasteiger partial charge in [0.05, 0.1) is 18.8 Å². The van der Waals surface area contributed by atoms with Crippen LogP contribution in [0.4, 0.5) is 0 Å². The van der Waals surface area contributed by atoms with Crippen molar-refractivity contribution >= 4 is 23.6 Å². The van der Waals surface area contributed by atoms with E-state index in [0.29, 0.717) is 30.3 Å². The highest BCUT2D eigenvalue weighted by molar-refractivity contribution is 7.99. The van der Waals surface area contributed by atoms with Crippen LogP contribution in [-0.4, -0.2) is 44.0 Å². The minimum absolute atomic E-state index is 0.0141. The third-order valence-corrected chi connectivity index (χ3v) is 8.40. The number of rotatable bonds is 13. The van der Waals surface area contributed by atoms with E-state index in [1.54, 1.807) is 35.7 Å². The summed E-state index contributed by atoms with van der Waals surface area (Å²) in [7, 11) is 0. The van der Waals surface area contributed by atoms with Crippen molar-refractivity contribution in [3.05, 3.63) is 114 Å². The van der Waals surface area contributed by atoms with Crippen molar-refractivity contribution in [2.24, 2.45) is 0 Å². The summed E-state index contributed by atoms with van der Waals surface area (Å²) in [5.41, 5.74) is 7.24. The molecule has 2 amide bonds. The maximum absolute atomic E-state index is 12.2. The van der Waals surface area contributed by atoms with E-state index in [0.717, 1.165) is 33.4 Å². The Morgan fingerprint density at radius 1 is 0.844 bits per heavy atom. The van der Waals surface area contributed by atoms with E-state index in [2.05, 4.69) is 21.4 Å². The van der Waals surface area contributed by atoms with Crippen LogP contribution in [0.5, 0.6) is 0 Å². The lowest BCUT2D eigenvalue weighted by Gasteiger charge is -2.36. The van der Waals surface area contributed by atoms with Crippen LogP contribution in [0.25, 0.3) is 11.1 Å². The Kier molecular flexibility index (Phi) is 11.7. The van der Waals surface area contributed by atoms with Gasteiger partial charge in [-0.1, -0.05) is 72.4 Å². The van der Waals surface area contributed by atoms with E-state index in [1.807, 2.05) is 66.7 Å². The number of ether oxygens (including phenoxy) is 2. The first-order chi connectivity index (χ1) is 22.0. The van der Waals surface area contributed by atoms with Gasteiger partial charge in [0.2, 0.25) is 11.8 Å². The van der Waals surface area contributed by atoms with Crippen LogP contribution >= 0.6 is 11.8 Å². The fourth-order valence-corrected chi connectivity index (χ4v) is 5.85. The average molecular weight is 629 g/mol. The second kappa shape index (κ2) is 16.3. The molecule has 45 heavy (non-hydrogen) atoms. The molecule has 3 unspecified atom stereocenters. The van der Waals surface area contributed by atoms with Gasteiger partial charge >= 0.3 is 0 Å². The Hall–Kier alpha value is -4.13. The molecule has 4 N–H and O–H groups in total. The van der Waals surface area contributed by atoms with Gasteiger partial charge in [-0.3, -0.25) is 14.8 Å². The minimum Gasteiger partial charge on any atom is -0.392 e. The molecule has 1 fully saturated rings. The van der Waals surface area contributed by atoms with Crippen LogP contribution in [0, 0.1) is 0 Å². The summed E-state index contributed by atoms with van der Waals surface area (Å²) < 4.78 is 13.0. The second-order valence-corrected chi connectivity index (χ2v) is 11.7. The highest BCUT2D eigenvalue weighted by atomic mass is 32.2. The van der Waals surface area contributed by atoms with E-state index in [4.69, 9.17) is 14.7 Å². The monoisotopic (exact) mass is 628 g/mol. The van der Waals surface area contributed by atoms with Crippen LogP contribution in [0.15, 0.2) is 96.4 Å². The highest BCUT2D eigenvalue weighted by Crippen LogP contribution is 2.40. The first kappa shape index (κ1) is 32.3. The van der Waals surface area contributed by atoms with Gasteiger partial charge in [-0.15, -0.1) is 0 Å². The van der Waals surface area contributed by atoms with Gasteiger partial charge < -0.3 is 19.9 Å². The molecule has 5 rings (SSSR count). The highest BCUT2D eigenvalue weighted by Gasteiger charge is 2.32. The summed E-state index contributed by atoms with van der Waals surface area (Å²) in [5, 5.41) is 21.7. The first-order valence-corrected chi connectivity index (χ1v) is 15.8. The van der Waals surface area contributed by atoms with Crippen molar-refractivity contribution in [3.8, 4) is 11.1 Å². The Labute approximate surface area is 266 Å². The van der Waals surface area contributed by atoms with Gasteiger partial charge in [-0.25, -0.2) is 15.4 Å². The number of thioether (sulfide) groups is 1. The Morgan fingerprint density at radius 2 is 1.58 bits per heavy atom. The molecule has 0 saturated carbocycles. The van der Waals surface area contributed by atoms with Gasteiger partial charge in [0.15, 0.2) is 11.4 Å². The standard InChI is InChI=1S/C34H36N4O6S/c39-21-23-11-13-25(14-12-23)30-19-29(22-45-34-35-15-4-16-36-34)43-33(44-30)28-8-2-7-27(18-28)26-6-1-5-24(17-26)20-37-31(40)9-3-10-32(41)38-42/h1-2,4-8,11-18,29-30,33,39,42H,3,9-10,19-22H2,(H,37,40)(H,38,41). The molecule has 1 aliphatic heterocycles. The molecule has 234 valence electrons. The van der Waals surface area contributed by atoms with E-state index in [-0.39, 0.29) is 37.6 Å². The van der Waals surface area contributed by atoms with Gasteiger partial charge in [0.1, 0.15) is 0 Å². The number of hydrogen-bond acceptors (Lipinski definition) is 9. The summed E-state index contributed by atoms with van der Waals surface area (Å²) in [6.45, 7) is 0.342. The molecule has 3 aromatic carbocycles. The maximum atomic E-state index is 12.2. The summed E-state index contributed by atoms with van der Waals surface area (Å²) in [6.07, 6.45) is 3.83. The SMILES string of the molecule is O=C(CCCC(=O)NCc1cccc(-c2cccc(C3OC(CSc4ncccn4)CC(c4ccc(CO)cc4)O3)c2)c1)NO. The summed E-state index contributed by atoms with van der Waals surface area (Å²) in [6, 6.07) is 25.6. The fourth-order valence-electron chi connectivity index (χ4n) is 5.03. The van der Waals surface area contributed by atoms with Crippen molar-refractivity contribution in [2.45, 2.75) is 62.5 Å². The largest absolute Gasteiger partial charge is 0.392 e. The Balaban J connectivity index is 1.28. The number of nitrogens with zero attached hydrogens (tertiary/aromatic N) is 2. The molecule has 3 atom stereocenters. The number of hydroxylamine groups is 1. The molecular weight excluding hydrogens is 592 g/mol. The molecule has 0 bridgehead atoms. The molecule has 1 saturated heterocycles. The molecule has 1 aliphatic rings. The van der Waals surface area contributed by atoms with E-state index < -0.39 is 12.2 Å². The third kappa shape index (κ3) is 9.43. The van der Waals surface area contributed by atoms with Gasteiger partial charge in [-0.05, 0) is 52.4 Å². The zero-order valence-electron chi connectivity index (χ0n) is 24.7. The normalized spacial score (nSPS) is 17.9. The van der Waals surface area contributed by atoms with Crippen molar-refractivity contribution in [2.75, 3.05) is 5.75 Å². The first-order valence-electron chi connectivity index (χ1n) is 14.8. The topological polar surface area (TPSA) is 143 Å². The fraction of sp³-hybridized carbons (Fsp3) is 0.294. The van der Waals surface area contributed by atoms with E-state index >= 15 is 0 Å². The lowest BCUT2D eigenvalue weighted by atomic mass is 9.99. The van der Waals surface area contributed by atoms with Crippen LogP contribution in [0.2, 0.25) is 0 Å². The van der Waals surface area contributed by atoms with Crippen LogP contribution in [-0.2, 0) is 32.2 Å². The molecule has 4 aromatic rings. The average Bonchev–Trinajstić information content (AvgIpc) is 3.10. The molecular formula is C34H36N4O6S. The number of benzene rings is 3. The zero-order valence-corrected chi connectivity index (χ0v) is 25.5. The van der Waals surface area contributed by atoms with Gasteiger partial charge in [0.25, 0.3) is 0 Å². The number of carbonyl (C=O) groups is 2. The lowest BCUT2D eigenvalue weighted by Crippen LogP contribution is -2.31. The number of aliphatic hydroxyl groups excluding tert-OH is 1. The third-order valence-electron chi connectivity index (χ3n) is 7.40. The smallest absolute Gasteiger partial charge is 0.243 e. The molecule has 1 aromatic heterocycles. The number of amides is 2. The lowest BCUT2D eigenvalue weighted by molar-refractivity contribution is -0.245. The number of hydrogen-bond donors (Lipinski definition) is 4. The second-order valence-electron chi connectivity index (χ2n) is 10.7. The molecule has 2 heterocycles. The number of aromatic nitrogens is 2. The van der Waals surface area contributed by atoms with Crippen molar-refractivity contribution in [1.29, 1.82) is 0 Å². The van der Waals surface area contributed by atoms with Gasteiger partial charge in [-0.2, -0.15) is 0 Å². The quantitative estimate of drug-likeness (QED) is 0.0674. The van der Waals surface area contributed by atoms with Crippen LogP contribution in [0.3, 0.4) is 0 Å². The van der Waals surface area contributed by atoms with Crippen LogP contribution < -0.4 is 10.8 Å².